The molecule has 2 saturated carbocycles. The van der Waals surface area contributed by atoms with E-state index in [4.69, 9.17) is 0 Å². The number of anilines is 1. The third-order valence-corrected chi connectivity index (χ3v) is 6.56. The summed E-state index contributed by atoms with van der Waals surface area (Å²) in [6.07, 6.45) is 3.71. The van der Waals surface area contributed by atoms with Crippen LogP contribution >= 0.6 is 0 Å². The fraction of sp³-hybridized carbons (Fsp3) is 0.381. The topological polar surface area (TPSA) is 49.3 Å². The molecule has 0 amide bonds. The highest BCUT2D eigenvalue weighted by molar-refractivity contribution is 5.88. The van der Waals surface area contributed by atoms with Crippen LogP contribution in [0.5, 0.6) is 0 Å². The van der Waals surface area contributed by atoms with Crippen LogP contribution in [-0.2, 0) is 0 Å². The summed E-state index contributed by atoms with van der Waals surface area (Å²) in [5, 5.41) is 13.0. The minimum Gasteiger partial charge on any atom is -0.478 e. The Hall–Kier alpha value is -2.36. The number of halogens is 1. The number of carboxylic acids is 1. The number of carboxylic acid groups (broad SMARTS) is 1. The minimum absolute atomic E-state index is 0.170. The summed E-state index contributed by atoms with van der Waals surface area (Å²) >= 11 is 0. The van der Waals surface area contributed by atoms with Crippen molar-refractivity contribution in [2.75, 3.05) is 5.32 Å². The molecule has 0 saturated heterocycles. The van der Waals surface area contributed by atoms with Gasteiger partial charge in [-0.1, -0.05) is 12.1 Å². The number of benzene rings is 2. The number of nitrogens with one attached hydrogen (secondary N) is 1. The zero-order valence-corrected chi connectivity index (χ0v) is 13.8. The lowest BCUT2D eigenvalue weighted by atomic mass is 9.68. The van der Waals surface area contributed by atoms with Gasteiger partial charge in [0.1, 0.15) is 5.82 Å². The van der Waals surface area contributed by atoms with Crippen molar-refractivity contribution in [1.82, 2.24) is 0 Å². The van der Waals surface area contributed by atoms with Crippen LogP contribution in [0.4, 0.5) is 10.1 Å². The molecule has 0 radical (unpaired) electrons. The predicted molar refractivity (Wildman–Crippen MR) is 93.2 cm³/mol. The van der Waals surface area contributed by atoms with Crippen molar-refractivity contribution < 1.29 is 14.3 Å². The molecule has 0 spiro atoms. The maximum absolute atomic E-state index is 13.4. The predicted octanol–water partition coefficient (Wildman–Crippen LogP) is 4.82. The van der Waals surface area contributed by atoms with E-state index in [-0.39, 0.29) is 11.9 Å². The summed E-state index contributed by atoms with van der Waals surface area (Å²) < 4.78 is 13.4. The van der Waals surface area contributed by atoms with Crippen molar-refractivity contribution in [1.29, 1.82) is 0 Å². The fourth-order valence-electron chi connectivity index (χ4n) is 5.62. The van der Waals surface area contributed by atoms with Crippen molar-refractivity contribution in [2.45, 2.75) is 31.2 Å². The van der Waals surface area contributed by atoms with E-state index >= 15 is 0 Å². The largest absolute Gasteiger partial charge is 0.478 e. The van der Waals surface area contributed by atoms with Crippen molar-refractivity contribution in [3.05, 3.63) is 65.0 Å². The molecule has 5 atom stereocenters. The molecule has 2 aromatic rings. The Balaban J connectivity index is 1.62. The van der Waals surface area contributed by atoms with Gasteiger partial charge >= 0.3 is 5.97 Å². The summed E-state index contributed by atoms with van der Waals surface area (Å²) in [6, 6.07) is 12.4. The second-order valence-electron chi connectivity index (χ2n) is 7.72. The lowest BCUT2D eigenvalue weighted by molar-refractivity contribution is 0.0696. The molecule has 2 aromatic carbocycles. The zero-order chi connectivity index (χ0) is 17.1. The van der Waals surface area contributed by atoms with Crippen LogP contribution < -0.4 is 5.32 Å². The van der Waals surface area contributed by atoms with Crippen LogP contribution in [0, 0.1) is 23.6 Å². The molecule has 5 rings (SSSR count). The van der Waals surface area contributed by atoms with Crippen molar-refractivity contribution in [3.63, 3.8) is 0 Å². The smallest absolute Gasteiger partial charge is 0.335 e. The maximum atomic E-state index is 13.4. The Morgan fingerprint density at radius 1 is 1.08 bits per heavy atom. The van der Waals surface area contributed by atoms with E-state index in [1.807, 2.05) is 24.3 Å². The summed E-state index contributed by atoms with van der Waals surface area (Å²) in [4.78, 5) is 11.4. The standard InChI is InChI=1S/C21H20FNO2/c22-15-6-3-11(4-7-15)20-19-13-2-1-12(9-13)18(19)16-10-14(21(24)25)5-8-17(16)23-20/h3-8,10,12-13,18-20,23H,1-2,9H2,(H,24,25)/t12-,13-,18-,19-,20-/m0/s1. The quantitative estimate of drug-likeness (QED) is 0.826. The molecule has 2 N–H and O–H groups in total. The average molecular weight is 337 g/mol. The highest BCUT2D eigenvalue weighted by atomic mass is 19.1. The van der Waals surface area contributed by atoms with Crippen molar-refractivity contribution >= 4 is 11.7 Å². The fourth-order valence-corrected chi connectivity index (χ4v) is 5.62. The summed E-state index contributed by atoms with van der Waals surface area (Å²) in [5.74, 6) is 1.09. The first-order valence-corrected chi connectivity index (χ1v) is 9.01. The van der Waals surface area contributed by atoms with Crippen LogP contribution in [-0.4, -0.2) is 11.1 Å². The molecule has 25 heavy (non-hydrogen) atoms. The molecule has 2 bridgehead atoms. The van der Waals surface area contributed by atoms with Crippen LogP contribution in [0.3, 0.4) is 0 Å². The van der Waals surface area contributed by atoms with Crippen molar-refractivity contribution in [3.8, 4) is 0 Å². The van der Waals surface area contributed by atoms with Crippen molar-refractivity contribution in [2.24, 2.45) is 17.8 Å². The Kier molecular flexibility index (Phi) is 3.18. The number of hydrogen-bond acceptors (Lipinski definition) is 2. The molecule has 128 valence electrons. The highest BCUT2D eigenvalue weighted by Gasteiger charge is 2.53. The third-order valence-electron chi connectivity index (χ3n) is 6.56. The Morgan fingerprint density at radius 2 is 1.84 bits per heavy atom. The van der Waals surface area contributed by atoms with E-state index in [1.165, 1.54) is 31.4 Å². The monoisotopic (exact) mass is 337 g/mol. The van der Waals surface area contributed by atoms with E-state index in [0.29, 0.717) is 29.2 Å². The first-order valence-electron chi connectivity index (χ1n) is 9.01. The molecule has 0 unspecified atom stereocenters. The second-order valence-corrected chi connectivity index (χ2v) is 7.72. The number of carbonyl (C=O) groups is 1. The van der Waals surface area contributed by atoms with Gasteiger partial charge in [0.05, 0.1) is 11.6 Å². The van der Waals surface area contributed by atoms with Crippen LogP contribution in [0.1, 0.15) is 52.7 Å². The molecular weight excluding hydrogens is 317 g/mol. The average Bonchev–Trinajstić information content (AvgIpc) is 3.23. The Bertz CT molecular complexity index is 847. The Morgan fingerprint density at radius 3 is 2.60 bits per heavy atom. The molecule has 2 fully saturated rings. The van der Waals surface area contributed by atoms with Gasteiger partial charge in [-0.05, 0) is 84.4 Å². The third kappa shape index (κ3) is 2.20. The van der Waals surface area contributed by atoms with Gasteiger partial charge in [-0.25, -0.2) is 9.18 Å². The lowest BCUT2D eigenvalue weighted by Crippen LogP contribution is -2.35. The van der Waals surface area contributed by atoms with E-state index in [2.05, 4.69) is 5.32 Å². The van der Waals surface area contributed by atoms with Gasteiger partial charge in [0, 0.05) is 5.69 Å². The van der Waals surface area contributed by atoms with Gasteiger partial charge in [-0.15, -0.1) is 0 Å². The number of aromatic carboxylic acids is 1. The van der Waals surface area contributed by atoms with E-state index in [0.717, 1.165) is 16.8 Å². The molecule has 2 aliphatic carbocycles. The summed E-state index contributed by atoms with van der Waals surface area (Å²) in [5.41, 5.74) is 3.68. The molecule has 1 heterocycles. The second kappa shape index (κ2) is 5.32. The van der Waals surface area contributed by atoms with Crippen LogP contribution in [0.15, 0.2) is 42.5 Å². The van der Waals surface area contributed by atoms with E-state index < -0.39 is 5.97 Å². The van der Waals surface area contributed by atoms with E-state index in [9.17, 15) is 14.3 Å². The van der Waals surface area contributed by atoms with Gasteiger partial charge in [0.25, 0.3) is 0 Å². The Labute approximate surface area is 145 Å². The highest BCUT2D eigenvalue weighted by Crippen LogP contribution is 2.63. The molecule has 3 nitrogen and oxygen atoms in total. The molecular formula is C21H20FNO2. The van der Waals surface area contributed by atoms with Gasteiger partial charge in [-0.2, -0.15) is 0 Å². The molecule has 0 aromatic heterocycles. The normalized spacial score (nSPS) is 32.0. The summed E-state index contributed by atoms with van der Waals surface area (Å²) in [7, 11) is 0. The maximum Gasteiger partial charge on any atom is 0.335 e. The lowest BCUT2D eigenvalue weighted by Gasteiger charge is -2.43. The number of hydrogen-bond donors (Lipinski definition) is 2. The van der Waals surface area contributed by atoms with Gasteiger partial charge in [0.15, 0.2) is 0 Å². The van der Waals surface area contributed by atoms with Gasteiger partial charge in [0.2, 0.25) is 0 Å². The van der Waals surface area contributed by atoms with Crippen LogP contribution in [0.2, 0.25) is 0 Å². The zero-order valence-electron chi connectivity index (χ0n) is 13.8. The first-order chi connectivity index (χ1) is 12.1. The van der Waals surface area contributed by atoms with Gasteiger partial charge in [-0.3, -0.25) is 0 Å². The first kappa shape index (κ1) is 14.9. The molecule has 4 heteroatoms. The SMILES string of the molecule is O=C(O)c1ccc2c(c1)[C@@H]1[C@H]3CC[C@@H](C3)[C@@H]1[C@H](c1ccc(F)cc1)N2. The summed E-state index contributed by atoms with van der Waals surface area (Å²) in [6.45, 7) is 0. The van der Waals surface area contributed by atoms with E-state index in [1.54, 1.807) is 6.07 Å². The number of fused-ring (bicyclic) bond motifs is 7. The number of rotatable bonds is 2. The molecule has 1 aliphatic heterocycles. The minimum atomic E-state index is -0.872. The van der Waals surface area contributed by atoms with Gasteiger partial charge < -0.3 is 10.4 Å². The molecule has 3 aliphatic rings. The van der Waals surface area contributed by atoms with Crippen LogP contribution in [0.25, 0.3) is 0 Å².